The van der Waals surface area contributed by atoms with Crippen molar-refractivity contribution >= 4 is 5.91 Å². The van der Waals surface area contributed by atoms with Gasteiger partial charge in [0.2, 0.25) is 5.91 Å². The van der Waals surface area contributed by atoms with E-state index in [9.17, 15) is 4.79 Å². The lowest BCUT2D eigenvalue weighted by atomic mass is 10.0. The molecule has 3 atom stereocenters. The Balaban J connectivity index is 1.70. The van der Waals surface area contributed by atoms with E-state index in [1.165, 1.54) is 0 Å². The topological polar surface area (TPSA) is 69.0 Å². The zero-order chi connectivity index (χ0) is 16.2. The van der Waals surface area contributed by atoms with Crippen LogP contribution in [0.15, 0.2) is 36.9 Å². The first kappa shape index (κ1) is 15.7. The predicted molar refractivity (Wildman–Crippen MR) is 85.8 cm³/mol. The normalized spacial score (nSPS) is 22.0. The lowest BCUT2D eigenvalue weighted by Gasteiger charge is -2.22. The van der Waals surface area contributed by atoms with E-state index in [0.717, 1.165) is 24.4 Å². The van der Waals surface area contributed by atoms with E-state index in [1.54, 1.807) is 18.6 Å². The Hall–Kier alpha value is -2.21. The first-order chi connectivity index (χ1) is 11.2. The number of imidazole rings is 1. The molecule has 1 fully saturated rings. The van der Waals surface area contributed by atoms with Crippen LogP contribution in [0.5, 0.6) is 0 Å². The summed E-state index contributed by atoms with van der Waals surface area (Å²) in [5.41, 5.74) is 0.913. The van der Waals surface area contributed by atoms with Crippen molar-refractivity contribution in [2.75, 3.05) is 6.61 Å². The van der Waals surface area contributed by atoms with Crippen molar-refractivity contribution in [1.29, 1.82) is 0 Å². The van der Waals surface area contributed by atoms with Crippen LogP contribution in [0.4, 0.5) is 0 Å². The summed E-state index contributed by atoms with van der Waals surface area (Å²) in [6.07, 6.45) is 7.77. The molecule has 0 bridgehead atoms. The fourth-order valence-electron chi connectivity index (χ4n) is 2.93. The van der Waals surface area contributed by atoms with Gasteiger partial charge in [-0.1, -0.05) is 6.07 Å². The molecule has 2 aromatic heterocycles. The molecule has 6 heteroatoms. The van der Waals surface area contributed by atoms with E-state index in [4.69, 9.17) is 4.74 Å². The molecule has 1 aliphatic rings. The summed E-state index contributed by atoms with van der Waals surface area (Å²) < 4.78 is 7.88. The van der Waals surface area contributed by atoms with E-state index in [-0.39, 0.29) is 24.0 Å². The SMILES string of the molecule is CCn1ccnc1[C@H]1OCC[C@@H]1NC(=O)[C@@H](C)c1cccnc1. The van der Waals surface area contributed by atoms with Crippen molar-refractivity contribution in [3.63, 3.8) is 0 Å². The van der Waals surface area contributed by atoms with Gasteiger partial charge in [0.25, 0.3) is 0 Å². The Morgan fingerprint density at radius 1 is 1.52 bits per heavy atom. The highest BCUT2D eigenvalue weighted by molar-refractivity contribution is 5.83. The Kier molecular flexibility index (Phi) is 4.71. The van der Waals surface area contributed by atoms with Gasteiger partial charge >= 0.3 is 0 Å². The molecule has 1 aliphatic heterocycles. The summed E-state index contributed by atoms with van der Waals surface area (Å²) in [6.45, 7) is 5.43. The summed E-state index contributed by atoms with van der Waals surface area (Å²) in [5, 5.41) is 3.12. The molecule has 0 unspecified atom stereocenters. The number of amides is 1. The van der Waals surface area contributed by atoms with Crippen molar-refractivity contribution in [1.82, 2.24) is 19.9 Å². The Morgan fingerprint density at radius 2 is 2.39 bits per heavy atom. The van der Waals surface area contributed by atoms with Gasteiger partial charge in [0, 0.05) is 37.9 Å². The van der Waals surface area contributed by atoms with Crippen LogP contribution in [0.2, 0.25) is 0 Å². The average molecular weight is 314 g/mol. The highest BCUT2D eigenvalue weighted by Gasteiger charge is 2.34. The number of rotatable bonds is 5. The van der Waals surface area contributed by atoms with Crippen molar-refractivity contribution in [3.8, 4) is 0 Å². The number of nitrogens with one attached hydrogen (secondary N) is 1. The molecule has 2 aromatic rings. The van der Waals surface area contributed by atoms with Crippen molar-refractivity contribution in [2.24, 2.45) is 0 Å². The number of carbonyl (C=O) groups excluding carboxylic acids is 1. The van der Waals surface area contributed by atoms with Crippen LogP contribution in [-0.4, -0.2) is 33.1 Å². The summed E-state index contributed by atoms with van der Waals surface area (Å²) >= 11 is 0. The maximum absolute atomic E-state index is 12.5. The molecule has 1 amide bonds. The van der Waals surface area contributed by atoms with Crippen LogP contribution in [0.1, 0.15) is 43.7 Å². The Morgan fingerprint density at radius 3 is 3.13 bits per heavy atom. The van der Waals surface area contributed by atoms with Crippen LogP contribution in [-0.2, 0) is 16.1 Å². The lowest BCUT2D eigenvalue weighted by molar-refractivity contribution is -0.123. The van der Waals surface area contributed by atoms with Gasteiger partial charge in [0.15, 0.2) is 0 Å². The summed E-state index contributed by atoms with van der Waals surface area (Å²) in [5.74, 6) is 0.633. The molecule has 23 heavy (non-hydrogen) atoms. The second-order valence-electron chi connectivity index (χ2n) is 5.77. The molecule has 0 aromatic carbocycles. The van der Waals surface area contributed by atoms with Gasteiger partial charge in [0.1, 0.15) is 11.9 Å². The minimum Gasteiger partial charge on any atom is -0.368 e. The standard InChI is InChI=1S/C17H22N4O2/c1-3-21-9-8-19-16(21)15-14(6-10-23-15)20-17(22)12(2)13-5-4-7-18-11-13/h4-5,7-9,11-12,14-15H,3,6,10H2,1-2H3,(H,20,22)/t12-,14-,15-/m0/s1. The van der Waals surface area contributed by atoms with Gasteiger partial charge in [-0.05, 0) is 31.9 Å². The highest BCUT2D eigenvalue weighted by Crippen LogP contribution is 2.29. The van der Waals surface area contributed by atoms with Crippen molar-refractivity contribution in [3.05, 3.63) is 48.3 Å². The van der Waals surface area contributed by atoms with Gasteiger partial charge < -0.3 is 14.6 Å². The first-order valence-electron chi connectivity index (χ1n) is 8.03. The summed E-state index contributed by atoms with van der Waals surface area (Å²) in [4.78, 5) is 21.0. The van der Waals surface area contributed by atoms with Crippen LogP contribution in [0, 0.1) is 0 Å². The third-order valence-corrected chi connectivity index (χ3v) is 4.34. The Bertz CT molecular complexity index is 656. The molecule has 3 heterocycles. The van der Waals surface area contributed by atoms with Gasteiger partial charge in [-0.15, -0.1) is 0 Å². The zero-order valence-corrected chi connectivity index (χ0v) is 13.5. The second-order valence-corrected chi connectivity index (χ2v) is 5.77. The van der Waals surface area contributed by atoms with E-state index in [2.05, 4.69) is 26.8 Å². The molecule has 0 saturated carbocycles. The minimum absolute atomic E-state index is 0.00638. The number of aromatic nitrogens is 3. The first-order valence-corrected chi connectivity index (χ1v) is 8.03. The number of pyridine rings is 1. The van der Waals surface area contributed by atoms with Crippen LogP contribution in [0.3, 0.4) is 0 Å². The largest absolute Gasteiger partial charge is 0.368 e. The number of carbonyl (C=O) groups is 1. The van der Waals surface area contributed by atoms with E-state index >= 15 is 0 Å². The smallest absolute Gasteiger partial charge is 0.227 e. The molecule has 1 N–H and O–H groups in total. The van der Waals surface area contributed by atoms with E-state index < -0.39 is 0 Å². The maximum atomic E-state index is 12.5. The average Bonchev–Trinajstić information content (AvgIpc) is 3.23. The molecule has 0 aliphatic carbocycles. The van der Waals surface area contributed by atoms with E-state index in [0.29, 0.717) is 6.61 Å². The lowest BCUT2D eigenvalue weighted by Crippen LogP contribution is -2.39. The molecule has 3 rings (SSSR count). The number of nitrogens with zero attached hydrogens (tertiary/aromatic N) is 3. The zero-order valence-electron chi connectivity index (χ0n) is 13.5. The van der Waals surface area contributed by atoms with Crippen molar-refractivity contribution < 1.29 is 9.53 Å². The molecular weight excluding hydrogens is 292 g/mol. The number of ether oxygens (including phenoxy) is 1. The monoisotopic (exact) mass is 314 g/mol. The van der Waals surface area contributed by atoms with E-state index in [1.807, 2.05) is 25.3 Å². The highest BCUT2D eigenvalue weighted by atomic mass is 16.5. The molecule has 0 radical (unpaired) electrons. The second kappa shape index (κ2) is 6.91. The molecular formula is C17H22N4O2. The van der Waals surface area contributed by atoms with Gasteiger partial charge in [0.05, 0.1) is 12.0 Å². The predicted octanol–water partition coefficient (Wildman–Crippen LogP) is 2.05. The quantitative estimate of drug-likeness (QED) is 0.917. The fraction of sp³-hybridized carbons (Fsp3) is 0.471. The molecule has 122 valence electrons. The minimum atomic E-state index is -0.240. The summed E-state index contributed by atoms with van der Waals surface area (Å²) in [6, 6.07) is 3.72. The summed E-state index contributed by atoms with van der Waals surface area (Å²) in [7, 11) is 0. The van der Waals surface area contributed by atoms with Gasteiger partial charge in [-0.3, -0.25) is 9.78 Å². The van der Waals surface area contributed by atoms with Crippen molar-refractivity contribution in [2.45, 2.75) is 44.9 Å². The van der Waals surface area contributed by atoms with Crippen LogP contribution < -0.4 is 5.32 Å². The molecule has 0 spiro atoms. The number of hydrogen-bond acceptors (Lipinski definition) is 4. The van der Waals surface area contributed by atoms with Crippen LogP contribution >= 0.6 is 0 Å². The molecule has 6 nitrogen and oxygen atoms in total. The third-order valence-electron chi connectivity index (χ3n) is 4.34. The third kappa shape index (κ3) is 3.27. The van der Waals surface area contributed by atoms with Gasteiger partial charge in [-0.25, -0.2) is 4.98 Å². The van der Waals surface area contributed by atoms with Gasteiger partial charge in [-0.2, -0.15) is 0 Å². The number of aryl methyl sites for hydroxylation is 1. The Labute approximate surface area is 135 Å². The molecule has 1 saturated heterocycles. The number of hydrogen-bond donors (Lipinski definition) is 1. The fourth-order valence-corrected chi connectivity index (χ4v) is 2.93. The van der Waals surface area contributed by atoms with Crippen LogP contribution in [0.25, 0.3) is 0 Å². The maximum Gasteiger partial charge on any atom is 0.227 e.